The Balaban J connectivity index is 2.22. The van der Waals surface area contributed by atoms with Gasteiger partial charge in [-0.05, 0) is 28.3 Å². The van der Waals surface area contributed by atoms with Gasteiger partial charge in [0, 0.05) is 4.88 Å². The average Bonchev–Trinajstić information content (AvgIpc) is 3.04. The molecule has 8 heteroatoms. The molecule has 2 aromatic heterocycles. The van der Waals surface area contributed by atoms with Gasteiger partial charge >= 0.3 is 5.97 Å². The van der Waals surface area contributed by atoms with Gasteiger partial charge in [-0.1, -0.05) is 31.2 Å². The number of hydrogen-bond acceptors (Lipinski definition) is 6. The molecule has 2 aromatic rings. The van der Waals surface area contributed by atoms with Crippen molar-refractivity contribution in [3.05, 3.63) is 22.4 Å². The van der Waals surface area contributed by atoms with E-state index in [1.165, 1.54) is 4.88 Å². The summed E-state index contributed by atoms with van der Waals surface area (Å²) in [6, 6.07) is 4.13. The summed E-state index contributed by atoms with van der Waals surface area (Å²) < 4.78 is 1.73. The van der Waals surface area contributed by atoms with Gasteiger partial charge in [-0.15, -0.1) is 16.4 Å². The predicted octanol–water partition coefficient (Wildman–Crippen LogP) is 2.30. The quantitative estimate of drug-likeness (QED) is 0.790. The summed E-state index contributed by atoms with van der Waals surface area (Å²) >= 11 is 2.81. The molecule has 0 aliphatic rings. The van der Waals surface area contributed by atoms with E-state index in [1.54, 1.807) is 16.0 Å². The highest BCUT2D eigenvalue weighted by Gasteiger charge is 2.20. The molecule has 0 aliphatic carbocycles. The molecule has 0 saturated heterocycles. The Kier molecular flexibility index (Phi) is 4.92. The Morgan fingerprint density at radius 2 is 2.47 bits per heavy atom. The molecule has 0 aliphatic heterocycles. The lowest BCUT2D eigenvalue weighted by molar-refractivity contribution is -0.133. The van der Waals surface area contributed by atoms with E-state index in [2.05, 4.69) is 28.5 Å². The van der Waals surface area contributed by atoms with Crippen LogP contribution in [0.3, 0.4) is 0 Å². The highest BCUT2D eigenvalue weighted by atomic mass is 32.2. The fourth-order valence-electron chi connectivity index (χ4n) is 1.74. The number of hydrogen-bond donors (Lipinski definition) is 1. The van der Waals surface area contributed by atoms with Crippen LogP contribution in [0.4, 0.5) is 0 Å². The first-order valence-corrected chi connectivity index (χ1v) is 7.74. The molecular formula is C11H14N4O2S2. The van der Waals surface area contributed by atoms with Crippen LogP contribution in [-0.4, -0.2) is 37.0 Å². The maximum absolute atomic E-state index is 10.6. The highest BCUT2D eigenvalue weighted by Crippen LogP contribution is 2.29. The third-order valence-electron chi connectivity index (χ3n) is 2.52. The van der Waals surface area contributed by atoms with E-state index in [0.29, 0.717) is 5.16 Å². The maximum Gasteiger partial charge on any atom is 0.313 e. The Morgan fingerprint density at radius 1 is 1.63 bits per heavy atom. The van der Waals surface area contributed by atoms with Crippen molar-refractivity contribution in [3.8, 4) is 0 Å². The first-order valence-electron chi connectivity index (χ1n) is 5.88. The van der Waals surface area contributed by atoms with Crippen molar-refractivity contribution in [2.45, 2.75) is 31.0 Å². The van der Waals surface area contributed by atoms with Gasteiger partial charge in [0.1, 0.15) is 0 Å². The largest absolute Gasteiger partial charge is 0.481 e. The van der Waals surface area contributed by atoms with Crippen LogP contribution in [-0.2, 0) is 4.79 Å². The number of thiophene rings is 1. The van der Waals surface area contributed by atoms with Crippen molar-refractivity contribution in [2.75, 3.05) is 5.75 Å². The molecule has 6 nitrogen and oxygen atoms in total. The number of carboxylic acids is 1. The fraction of sp³-hybridized carbons (Fsp3) is 0.455. The molecule has 0 aromatic carbocycles. The lowest BCUT2D eigenvalue weighted by Gasteiger charge is -2.15. The van der Waals surface area contributed by atoms with Crippen molar-refractivity contribution in [1.29, 1.82) is 0 Å². The monoisotopic (exact) mass is 298 g/mol. The minimum atomic E-state index is -0.872. The van der Waals surface area contributed by atoms with Gasteiger partial charge < -0.3 is 5.11 Å². The number of aliphatic carboxylic acids is 1. The lowest BCUT2D eigenvalue weighted by atomic mass is 10.1. The second kappa shape index (κ2) is 6.67. The molecule has 2 heterocycles. The SMILES string of the molecule is CCCC(c1cccs1)n1nnnc1SCC(=O)O. The molecular weight excluding hydrogens is 284 g/mol. The first-order chi connectivity index (χ1) is 9.22. The highest BCUT2D eigenvalue weighted by molar-refractivity contribution is 7.99. The molecule has 19 heavy (non-hydrogen) atoms. The number of nitrogens with zero attached hydrogens (tertiary/aromatic N) is 4. The Labute approximate surface area is 118 Å². The second-order valence-corrected chi connectivity index (χ2v) is 5.83. The van der Waals surface area contributed by atoms with E-state index in [0.717, 1.165) is 24.6 Å². The molecule has 0 spiro atoms. The van der Waals surface area contributed by atoms with Gasteiger partial charge in [-0.25, -0.2) is 4.68 Å². The number of rotatable bonds is 7. The molecule has 0 radical (unpaired) electrons. The van der Waals surface area contributed by atoms with Crippen LogP contribution in [0.25, 0.3) is 0 Å². The number of thioether (sulfide) groups is 1. The van der Waals surface area contributed by atoms with Gasteiger partial charge in [-0.2, -0.15) is 0 Å². The fourth-order valence-corrected chi connectivity index (χ4v) is 3.23. The van der Waals surface area contributed by atoms with Crippen LogP contribution >= 0.6 is 23.1 Å². The van der Waals surface area contributed by atoms with E-state index >= 15 is 0 Å². The Morgan fingerprint density at radius 3 is 3.11 bits per heavy atom. The summed E-state index contributed by atoms with van der Waals surface area (Å²) in [6.07, 6.45) is 1.93. The molecule has 1 unspecified atom stereocenters. The standard InChI is InChI=1S/C11H14N4O2S2/c1-2-4-8(9-5-3-6-18-9)15-11(12-13-14-15)19-7-10(16)17/h3,5-6,8H,2,4,7H2,1H3,(H,16,17). The molecule has 1 N–H and O–H groups in total. The van der Waals surface area contributed by atoms with Gasteiger partial charge in [0.15, 0.2) is 0 Å². The second-order valence-electron chi connectivity index (χ2n) is 3.91. The van der Waals surface area contributed by atoms with E-state index in [4.69, 9.17) is 5.11 Å². The zero-order valence-corrected chi connectivity index (χ0v) is 12.0. The Hall–Kier alpha value is -1.41. The smallest absolute Gasteiger partial charge is 0.313 e. The van der Waals surface area contributed by atoms with Crippen molar-refractivity contribution in [1.82, 2.24) is 20.2 Å². The van der Waals surface area contributed by atoms with E-state index in [9.17, 15) is 4.79 Å². The normalized spacial score (nSPS) is 12.5. The number of carbonyl (C=O) groups is 1. The molecule has 0 fully saturated rings. The summed E-state index contributed by atoms with van der Waals surface area (Å²) in [6.45, 7) is 2.11. The third kappa shape index (κ3) is 3.54. The van der Waals surface area contributed by atoms with Crippen molar-refractivity contribution in [2.24, 2.45) is 0 Å². The predicted molar refractivity (Wildman–Crippen MR) is 73.5 cm³/mol. The first kappa shape index (κ1) is 14.0. The van der Waals surface area contributed by atoms with Crippen LogP contribution in [0.5, 0.6) is 0 Å². The average molecular weight is 298 g/mol. The number of tetrazole rings is 1. The van der Waals surface area contributed by atoms with Crippen molar-refractivity contribution in [3.63, 3.8) is 0 Å². The minimum Gasteiger partial charge on any atom is -0.481 e. The van der Waals surface area contributed by atoms with Gasteiger partial charge in [-0.3, -0.25) is 4.79 Å². The van der Waals surface area contributed by atoms with Gasteiger partial charge in [0.05, 0.1) is 11.8 Å². The topological polar surface area (TPSA) is 80.9 Å². The molecule has 1 atom stereocenters. The number of carboxylic acid groups (broad SMARTS) is 1. The van der Waals surface area contributed by atoms with Crippen molar-refractivity contribution < 1.29 is 9.90 Å². The maximum atomic E-state index is 10.6. The van der Waals surface area contributed by atoms with Crippen molar-refractivity contribution >= 4 is 29.1 Å². The summed E-state index contributed by atoms with van der Waals surface area (Å²) in [5, 5.41) is 22.9. The summed E-state index contributed by atoms with van der Waals surface area (Å²) in [5.41, 5.74) is 0. The summed E-state index contributed by atoms with van der Waals surface area (Å²) in [4.78, 5) is 11.8. The summed E-state index contributed by atoms with van der Waals surface area (Å²) in [7, 11) is 0. The van der Waals surface area contributed by atoms with Gasteiger partial charge in [0.25, 0.3) is 0 Å². The zero-order valence-electron chi connectivity index (χ0n) is 10.4. The van der Waals surface area contributed by atoms with E-state index < -0.39 is 5.97 Å². The molecule has 0 saturated carbocycles. The third-order valence-corrected chi connectivity index (χ3v) is 4.41. The van der Waals surface area contributed by atoms with E-state index in [1.807, 2.05) is 11.4 Å². The van der Waals surface area contributed by atoms with Crippen LogP contribution < -0.4 is 0 Å². The zero-order chi connectivity index (χ0) is 13.7. The minimum absolute atomic E-state index is 0.0380. The summed E-state index contributed by atoms with van der Waals surface area (Å²) in [5.74, 6) is -0.911. The lowest BCUT2D eigenvalue weighted by Crippen LogP contribution is -2.13. The molecule has 0 bridgehead atoms. The Bertz CT molecular complexity index is 527. The van der Waals surface area contributed by atoms with Crippen LogP contribution in [0, 0.1) is 0 Å². The van der Waals surface area contributed by atoms with Crippen LogP contribution in [0.2, 0.25) is 0 Å². The molecule has 2 rings (SSSR count). The van der Waals surface area contributed by atoms with Crippen LogP contribution in [0.1, 0.15) is 30.7 Å². The van der Waals surface area contributed by atoms with E-state index in [-0.39, 0.29) is 11.8 Å². The molecule has 102 valence electrons. The van der Waals surface area contributed by atoms with Crippen LogP contribution in [0.15, 0.2) is 22.7 Å². The van der Waals surface area contributed by atoms with Gasteiger partial charge in [0.2, 0.25) is 5.16 Å². The number of aromatic nitrogens is 4. The molecule has 0 amide bonds.